The minimum absolute atomic E-state index is 0.269. The maximum absolute atomic E-state index is 12.8. The van der Waals surface area contributed by atoms with E-state index in [1.54, 1.807) is 38.4 Å². The summed E-state index contributed by atoms with van der Waals surface area (Å²) in [7, 11) is 0. The zero-order chi connectivity index (χ0) is 28.9. The van der Waals surface area contributed by atoms with E-state index >= 15 is 0 Å². The molecule has 2 aliphatic heterocycles. The molecule has 0 saturated carbocycles. The van der Waals surface area contributed by atoms with Gasteiger partial charge in [-0.2, -0.15) is 0 Å². The van der Waals surface area contributed by atoms with E-state index in [2.05, 4.69) is 35.6 Å². The summed E-state index contributed by atoms with van der Waals surface area (Å²) < 4.78 is 10.6. The Morgan fingerprint density at radius 2 is 2.07 bits per heavy atom. The Morgan fingerprint density at radius 1 is 1.27 bits per heavy atom. The molecule has 0 aromatic carbocycles. The van der Waals surface area contributed by atoms with Crippen LogP contribution in [-0.4, -0.2) is 63.5 Å². The molecule has 2 amide bonds. The Labute approximate surface area is 241 Å². The van der Waals surface area contributed by atoms with Crippen molar-refractivity contribution in [3.05, 3.63) is 57.7 Å². The zero-order valence-corrected chi connectivity index (χ0v) is 23.9. The van der Waals surface area contributed by atoms with E-state index in [0.717, 1.165) is 49.8 Å². The number of hydrogen-bond donors (Lipinski definition) is 2. The van der Waals surface area contributed by atoms with Crippen LogP contribution < -0.4 is 15.5 Å². The number of ether oxygens (including phenoxy) is 1. The summed E-state index contributed by atoms with van der Waals surface area (Å²) >= 11 is 0.869. The van der Waals surface area contributed by atoms with E-state index in [1.807, 2.05) is 13.0 Å². The number of rotatable bonds is 9. The lowest BCUT2D eigenvalue weighted by Crippen LogP contribution is -2.38. The third-order valence-corrected chi connectivity index (χ3v) is 7.77. The zero-order valence-electron chi connectivity index (χ0n) is 23.1. The highest BCUT2D eigenvalue weighted by Crippen LogP contribution is 2.29. The normalized spacial score (nSPS) is 16.9. The lowest BCUT2D eigenvalue weighted by molar-refractivity contribution is -0.115. The van der Waals surface area contributed by atoms with E-state index in [9.17, 15) is 14.4 Å². The second-order valence-corrected chi connectivity index (χ2v) is 10.9. The van der Waals surface area contributed by atoms with Crippen LogP contribution in [0.15, 0.2) is 34.0 Å². The van der Waals surface area contributed by atoms with Crippen LogP contribution in [0.1, 0.15) is 52.8 Å². The van der Waals surface area contributed by atoms with Crippen molar-refractivity contribution >= 4 is 40.9 Å². The van der Waals surface area contributed by atoms with Gasteiger partial charge in [-0.05, 0) is 81.6 Å². The number of piperidine rings is 1. The number of esters is 1. The number of thioether (sulfide) groups is 1. The number of aryl methyl sites for hydroxylation is 2. The van der Waals surface area contributed by atoms with Gasteiger partial charge in [-0.3, -0.25) is 19.9 Å². The first-order valence-corrected chi connectivity index (χ1v) is 14.3. The number of carbonyl (C=O) groups excluding carboxylic acids is 3. The number of hydrogen-bond acceptors (Lipinski definition) is 12. The smallest absolute Gasteiger partial charge is 0.340 e. The number of anilines is 1. The van der Waals surface area contributed by atoms with Gasteiger partial charge < -0.3 is 19.5 Å². The summed E-state index contributed by atoms with van der Waals surface area (Å²) in [5, 5.41) is 9.38. The van der Waals surface area contributed by atoms with Gasteiger partial charge in [0.05, 0.1) is 39.7 Å². The average molecular weight is 578 g/mol. The highest BCUT2D eigenvalue weighted by atomic mass is 32.2. The molecule has 5 rings (SSSR count). The van der Waals surface area contributed by atoms with Crippen molar-refractivity contribution in [2.75, 3.05) is 31.1 Å². The molecule has 5 heterocycles. The molecule has 13 heteroatoms. The van der Waals surface area contributed by atoms with E-state index in [4.69, 9.17) is 9.26 Å². The molecule has 2 saturated heterocycles. The molecule has 0 unspecified atom stereocenters. The molecular weight excluding hydrogens is 546 g/mol. The van der Waals surface area contributed by atoms with Gasteiger partial charge >= 0.3 is 5.97 Å². The quantitative estimate of drug-likeness (QED) is 0.282. The van der Waals surface area contributed by atoms with Gasteiger partial charge in [0.25, 0.3) is 11.1 Å². The third-order valence-electron chi connectivity index (χ3n) is 6.95. The Morgan fingerprint density at radius 3 is 2.76 bits per heavy atom. The van der Waals surface area contributed by atoms with Gasteiger partial charge in [-0.25, -0.2) is 14.8 Å². The first-order valence-electron chi connectivity index (χ1n) is 13.4. The van der Waals surface area contributed by atoms with Gasteiger partial charge in [0.1, 0.15) is 5.76 Å². The summed E-state index contributed by atoms with van der Waals surface area (Å²) in [6.07, 6.45) is 6.97. The highest BCUT2D eigenvalue weighted by Gasteiger charge is 2.26. The summed E-state index contributed by atoms with van der Waals surface area (Å²) in [6.45, 7) is 8.66. The van der Waals surface area contributed by atoms with E-state index in [0.29, 0.717) is 57.3 Å². The molecule has 2 aliphatic rings. The lowest BCUT2D eigenvalue weighted by Gasteiger charge is -2.32. The van der Waals surface area contributed by atoms with Gasteiger partial charge in [-0.1, -0.05) is 5.16 Å². The van der Waals surface area contributed by atoms with Crippen molar-refractivity contribution in [1.82, 2.24) is 30.7 Å². The minimum Gasteiger partial charge on any atom is -0.462 e. The van der Waals surface area contributed by atoms with Crippen molar-refractivity contribution in [2.24, 2.45) is 5.92 Å². The molecular formula is C28H31N7O5S. The molecule has 214 valence electrons. The molecule has 2 N–H and O–H groups in total. The van der Waals surface area contributed by atoms with Gasteiger partial charge in [0.2, 0.25) is 5.95 Å². The molecule has 0 aliphatic carbocycles. The first kappa shape index (κ1) is 28.4. The molecule has 3 aromatic rings. The third kappa shape index (κ3) is 6.63. The van der Waals surface area contributed by atoms with Crippen LogP contribution in [0.2, 0.25) is 0 Å². The summed E-state index contributed by atoms with van der Waals surface area (Å²) in [5.41, 5.74) is 3.76. The average Bonchev–Trinajstić information content (AvgIpc) is 3.47. The summed E-state index contributed by atoms with van der Waals surface area (Å²) in [5.74, 6) is 0.850. The van der Waals surface area contributed by atoms with Gasteiger partial charge in [-0.15, -0.1) is 0 Å². The topological polar surface area (TPSA) is 152 Å². The second kappa shape index (κ2) is 12.6. The SMILES string of the molecule is CCOC(=O)c1cc(CNCC2CCN(c3nccc(/C=C4\SC(=O)NC4=O)n3)CC2)cnc1-c1c(C)noc1C. The number of carbonyl (C=O) groups is 3. The van der Waals surface area contributed by atoms with Crippen molar-refractivity contribution in [3.63, 3.8) is 0 Å². The van der Waals surface area contributed by atoms with Crippen LogP contribution in [0, 0.1) is 19.8 Å². The van der Waals surface area contributed by atoms with E-state index < -0.39 is 11.9 Å². The van der Waals surface area contributed by atoms with Crippen LogP contribution in [0.3, 0.4) is 0 Å². The fourth-order valence-electron chi connectivity index (χ4n) is 4.90. The number of imide groups is 1. The molecule has 0 spiro atoms. The Hall–Kier alpha value is -4.10. The predicted octanol–water partition coefficient (Wildman–Crippen LogP) is 3.65. The number of amides is 2. The summed E-state index contributed by atoms with van der Waals surface area (Å²) in [4.78, 5) is 52.1. The molecule has 0 radical (unpaired) electrons. The molecule has 2 fully saturated rings. The predicted molar refractivity (Wildman–Crippen MR) is 153 cm³/mol. The van der Waals surface area contributed by atoms with E-state index in [-0.39, 0.29) is 11.8 Å². The van der Waals surface area contributed by atoms with Crippen LogP contribution in [0.25, 0.3) is 17.3 Å². The van der Waals surface area contributed by atoms with Crippen molar-refractivity contribution in [1.29, 1.82) is 0 Å². The number of nitrogens with one attached hydrogen (secondary N) is 2. The standard InChI is InChI=1S/C28H31N7O5S/c1-4-39-26(37)21-11-19(15-31-24(21)23-16(2)34-40-17(23)3)14-29-13-18-6-9-35(10-7-18)27-30-8-5-20(32-27)12-22-25(36)33-28(38)41-22/h5,8,11-12,15,18,29H,4,6-7,9-10,13-14H2,1-3H3,(H,33,36,38)/b22-12-. The van der Waals surface area contributed by atoms with Crippen LogP contribution >= 0.6 is 11.8 Å². The number of pyridine rings is 1. The molecule has 0 bridgehead atoms. The highest BCUT2D eigenvalue weighted by molar-refractivity contribution is 8.18. The van der Waals surface area contributed by atoms with E-state index in [1.165, 1.54) is 0 Å². The number of nitrogens with zero attached hydrogens (tertiary/aromatic N) is 5. The maximum Gasteiger partial charge on any atom is 0.340 e. The Balaban J connectivity index is 1.16. The molecule has 3 aromatic heterocycles. The fourth-order valence-corrected chi connectivity index (χ4v) is 5.56. The number of aromatic nitrogens is 4. The monoisotopic (exact) mass is 577 g/mol. The largest absolute Gasteiger partial charge is 0.462 e. The minimum atomic E-state index is -0.426. The molecule has 0 atom stereocenters. The Bertz CT molecular complexity index is 1480. The molecule has 12 nitrogen and oxygen atoms in total. The second-order valence-electron chi connectivity index (χ2n) is 9.85. The van der Waals surface area contributed by atoms with Crippen molar-refractivity contribution in [3.8, 4) is 11.3 Å². The van der Waals surface area contributed by atoms with Crippen molar-refractivity contribution in [2.45, 2.75) is 40.2 Å². The first-order chi connectivity index (χ1) is 19.8. The fraction of sp³-hybridized carbons (Fsp3) is 0.393. The van der Waals surface area contributed by atoms with Crippen LogP contribution in [0.4, 0.5) is 10.7 Å². The van der Waals surface area contributed by atoms with Crippen LogP contribution in [-0.2, 0) is 16.1 Å². The van der Waals surface area contributed by atoms with Gasteiger partial charge in [0, 0.05) is 32.0 Å². The lowest BCUT2D eigenvalue weighted by atomic mass is 9.97. The van der Waals surface area contributed by atoms with Crippen molar-refractivity contribution < 1.29 is 23.6 Å². The van der Waals surface area contributed by atoms with Crippen LogP contribution in [0.5, 0.6) is 0 Å². The van der Waals surface area contributed by atoms with Gasteiger partial charge in [0.15, 0.2) is 0 Å². The maximum atomic E-state index is 12.8. The Kier molecular flexibility index (Phi) is 8.74. The molecule has 41 heavy (non-hydrogen) atoms. The summed E-state index contributed by atoms with van der Waals surface area (Å²) in [6, 6.07) is 3.54.